The summed E-state index contributed by atoms with van der Waals surface area (Å²) in [6.07, 6.45) is -0.773. The molecule has 0 bridgehead atoms. The molecule has 0 radical (unpaired) electrons. The molecule has 0 spiro atoms. The van der Waals surface area contributed by atoms with Gasteiger partial charge in [-0.15, -0.1) is 11.6 Å². The fourth-order valence-corrected chi connectivity index (χ4v) is 5.26. The third kappa shape index (κ3) is 3.68. The number of aromatic nitrogens is 3. The van der Waals surface area contributed by atoms with Gasteiger partial charge >= 0.3 is 6.18 Å². The van der Waals surface area contributed by atoms with Gasteiger partial charge in [-0.2, -0.15) is 13.2 Å². The van der Waals surface area contributed by atoms with Gasteiger partial charge in [0.2, 0.25) is 5.82 Å². The predicted octanol–water partition coefficient (Wildman–Crippen LogP) is 5.69. The largest absolute Gasteiger partial charge is 0.416 e. The molecule has 178 valence electrons. The van der Waals surface area contributed by atoms with Crippen LogP contribution >= 0.6 is 11.6 Å². The van der Waals surface area contributed by atoms with Gasteiger partial charge in [0, 0.05) is 16.6 Å². The van der Waals surface area contributed by atoms with Crippen LogP contribution in [-0.2, 0) is 19.8 Å². The Hall–Kier alpha value is -2.87. The predicted molar refractivity (Wildman–Crippen MR) is 122 cm³/mol. The van der Waals surface area contributed by atoms with E-state index in [4.69, 9.17) is 11.6 Å². The molecule has 2 heterocycles. The molecule has 2 aliphatic rings. The summed E-state index contributed by atoms with van der Waals surface area (Å²) in [7, 11) is 1.94. The number of anilines is 1. The van der Waals surface area contributed by atoms with Crippen molar-refractivity contribution in [2.45, 2.75) is 50.7 Å². The summed E-state index contributed by atoms with van der Waals surface area (Å²) in [5.74, 6) is 1.52. The molecule has 0 saturated heterocycles. The number of benzene rings is 2. The third-order valence-corrected chi connectivity index (χ3v) is 7.14. The van der Waals surface area contributed by atoms with Crippen molar-refractivity contribution in [1.29, 1.82) is 0 Å². The minimum absolute atomic E-state index is 0.0209. The standard InChI is InChI=1S/C25H25ClF3N4O/c1-14-8-17(9-14)23-31(3)13-30-33(23)22-7-5-4-6-21(22)32-12-19-18(24(32)34)10-16(15(2)26)11-20(19)25(27,28)29/h4-7,10-11,13-15,17H,8-9,12H2,1-3H3/q+1. The molecule has 1 saturated carbocycles. The molecule has 1 aliphatic carbocycles. The van der Waals surface area contributed by atoms with Gasteiger partial charge < -0.3 is 4.90 Å². The van der Waals surface area contributed by atoms with Crippen LogP contribution in [0.25, 0.3) is 5.69 Å². The second-order valence-corrected chi connectivity index (χ2v) is 10.0. The second kappa shape index (κ2) is 8.12. The number of alkyl halides is 4. The molecule has 34 heavy (non-hydrogen) atoms. The zero-order valence-electron chi connectivity index (χ0n) is 19.1. The Morgan fingerprint density at radius 2 is 1.85 bits per heavy atom. The van der Waals surface area contributed by atoms with Crippen LogP contribution in [0, 0.1) is 5.92 Å². The lowest BCUT2D eigenvalue weighted by Crippen LogP contribution is -2.38. The van der Waals surface area contributed by atoms with E-state index in [0.717, 1.165) is 24.7 Å². The Morgan fingerprint density at radius 3 is 2.47 bits per heavy atom. The topological polar surface area (TPSA) is 42.0 Å². The molecule has 9 heteroatoms. The lowest BCUT2D eigenvalue weighted by molar-refractivity contribution is -0.682. The van der Waals surface area contributed by atoms with Crippen molar-refractivity contribution in [2.24, 2.45) is 13.0 Å². The molecule has 1 atom stereocenters. The fourth-order valence-electron chi connectivity index (χ4n) is 5.14. The van der Waals surface area contributed by atoms with Gasteiger partial charge in [0.1, 0.15) is 0 Å². The summed E-state index contributed by atoms with van der Waals surface area (Å²) < 4.78 is 45.6. The van der Waals surface area contributed by atoms with Gasteiger partial charge in [0.05, 0.1) is 30.2 Å². The molecule has 5 rings (SSSR count). The van der Waals surface area contributed by atoms with E-state index in [1.165, 1.54) is 11.0 Å². The zero-order valence-corrected chi connectivity index (χ0v) is 19.9. The van der Waals surface area contributed by atoms with Crippen molar-refractivity contribution in [3.8, 4) is 5.69 Å². The van der Waals surface area contributed by atoms with Crippen molar-refractivity contribution in [2.75, 3.05) is 4.90 Å². The van der Waals surface area contributed by atoms with Crippen LogP contribution in [0.5, 0.6) is 0 Å². The third-order valence-electron chi connectivity index (χ3n) is 6.89. The normalized spacial score (nSPS) is 20.9. The van der Waals surface area contributed by atoms with Crippen LogP contribution in [0.3, 0.4) is 0 Å². The minimum Gasteiger partial charge on any atom is -0.300 e. The Labute approximate surface area is 200 Å². The van der Waals surface area contributed by atoms with E-state index in [9.17, 15) is 18.0 Å². The molecular formula is C25H25ClF3N4O+. The van der Waals surface area contributed by atoms with Gasteiger partial charge in [-0.25, -0.2) is 4.57 Å². The maximum absolute atomic E-state index is 13.9. The first-order chi connectivity index (χ1) is 16.1. The van der Waals surface area contributed by atoms with Gasteiger partial charge in [-0.1, -0.05) is 23.7 Å². The number of para-hydroxylation sites is 2. The van der Waals surface area contributed by atoms with Crippen LogP contribution in [0.15, 0.2) is 42.7 Å². The smallest absolute Gasteiger partial charge is 0.300 e. The number of nitrogens with zero attached hydrogens (tertiary/aromatic N) is 4. The molecule has 0 N–H and O–H groups in total. The highest BCUT2D eigenvalue weighted by Gasteiger charge is 2.42. The summed E-state index contributed by atoms with van der Waals surface area (Å²) in [5.41, 5.74) is 0.679. The fraction of sp³-hybridized carbons (Fsp3) is 0.400. The van der Waals surface area contributed by atoms with Gasteiger partial charge in [-0.05, 0) is 61.1 Å². The van der Waals surface area contributed by atoms with E-state index >= 15 is 0 Å². The van der Waals surface area contributed by atoms with Crippen LogP contribution in [-0.4, -0.2) is 15.7 Å². The maximum Gasteiger partial charge on any atom is 0.416 e. The summed E-state index contributed by atoms with van der Waals surface area (Å²) >= 11 is 6.11. The average molecular weight is 490 g/mol. The highest BCUT2D eigenvalue weighted by atomic mass is 35.5. The maximum atomic E-state index is 13.9. The van der Waals surface area contributed by atoms with Crippen molar-refractivity contribution < 1.29 is 22.5 Å². The monoisotopic (exact) mass is 489 g/mol. The number of hydrogen-bond acceptors (Lipinski definition) is 2. The van der Waals surface area contributed by atoms with Crippen molar-refractivity contribution in [3.63, 3.8) is 0 Å². The van der Waals surface area contributed by atoms with Crippen molar-refractivity contribution >= 4 is 23.2 Å². The molecule has 1 fully saturated rings. The number of amides is 1. The van der Waals surface area contributed by atoms with Gasteiger partial charge in [-0.3, -0.25) is 4.79 Å². The number of carbonyl (C=O) groups is 1. The lowest BCUT2D eigenvalue weighted by atomic mass is 9.75. The Balaban J connectivity index is 1.61. The van der Waals surface area contributed by atoms with E-state index in [0.29, 0.717) is 23.2 Å². The highest BCUT2D eigenvalue weighted by molar-refractivity contribution is 6.20. The van der Waals surface area contributed by atoms with E-state index in [2.05, 4.69) is 12.0 Å². The molecule has 3 aromatic rings. The summed E-state index contributed by atoms with van der Waals surface area (Å²) in [4.78, 5) is 14.9. The first kappa shape index (κ1) is 22.9. The second-order valence-electron chi connectivity index (χ2n) is 9.37. The highest BCUT2D eigenvalue weighted by Crippen LogP contribution is 2.43. The first-order valence-corrected chi connectivity index (χ1v) is 11.7. The number of rotatable bonds is 4. The molecule has 5 nitrogen and oxygen atoms in total. The molecule has 1 aromatic heterocycles. The molecule has 2 aromatic carbocycles. The molecule has 1 aliphatic heterocycles. The van der Waals surface area contributed by atoms with Crippen molar-refractivity contribution in [1.82, 2.24) is 9.78 Å². The summed E-state index contributed by atoms with van der Waals surface area (Å²) in [6, 6.07) is 9.77. The molecular weight excluding hydrogens is 465 g/mol. The Morgan fingerprint density at radius 1 is 1.18 bits per heavy atom. The minimum atomic E-state index is -4.59. The zero-order chi connectivity index (χ0) is 24.4. The van der Waals surface area contributed by atoms with Crippen molar-refractivity contribution in [3.05, 3.63) is 70.8 Å². The number of carbonyl (C=O) groups excluding carboxylic acids is 1. The Kier molecular flexibility index (Phi) is 5.47. The molecule has 1 amide bonds. The summed E-state index contributed by atoms with van der Waals surface area (Å²) in [5, 5.41) is 3.90. The number of halogens is 4. The lowest BCUT2D eigenvalue weighted by Gasteiger charge is -2.30. The number of aryl methyl sites for hydroxylation is 1. The van der Waals surface area contributed by atoms with E-state index < -0.39 is 23.0 Å². The number of fused-ring (bicyclic) bond motifs is 1. The number of hydrogen-bond donors (Lipinski definition) is 0. The van der Waals surface area contributed by atoms with Crippen LogP contribution in [0.2, 0.25) is 0 Å². The quantitative estimate of drug-likeness (QED) is 0.349. The van der Waals surface area contributed by atoms with Gasteiger partial charge in [0.15, 0.2) is 5.69 Å². The van der Waals surface area contributed by atoms with E-state index in [-0.39, 0.29) is 23.2 Å². The van der Waals surface area contributed by atoms with E-state index in [1.807, 2.05) is 28.4 Å². The van der Waals surface area contributed by atoms with Crippen LogP contribution in [0.4, 0.5) is 18.9 Å². The summed E-state index contributed by atoms with van der Waals surface area (Å²) in [6.45, 7) is 3.64. The van der Waals surface area contributed by atoms with E-state index in [1.54, 1.807) is 25.4 Å². The SMILES string of the molecule is CC1CC(c2n(-c3ccccc3N3Cc4c(cc(C(C)Cl)cc4C(F)(F)F)C3=O)nc[n+]2C)C1. The molecule has 1 unspecified atom stereocenters. The first-order valence-electron chi connectivity index (χ1n) is 11.3. The average Bonchev–Trinajstić information content (AvgIpc) is 3.30. The van der Waals surface area contributed by atoms with Gasteiger partial charge in [0.25, 0.3) is 12.2 Å². The van der Waals surface area contributed by atoms with Crippen LogP contribution in [0.1, 0.15) is 70.9 Å². The van der Waals surface area contributed by atoms with Crippen LogP contribution < -0.4 is 9.47 Å². The Bertz CT molecular complexity index is 1280.